The van der Waals surface area contributed by atoms with Gasteiger partial charge in [-0.05, 0) is 42.3 Å². The standard InChI is InChI=1S/C20H21N3O3/c1-25-19-7-3-2-5-15(19)8-10-22-20(24)18-13-16(9-11-21-18)23-14-17-6-4-12-26-17/h2-7,9,11-13H,8,10,14H2,1H3,(H,21,23)(H,22,24). The molecule has 3 aromatic rings. The molecule has 0 atom stereocenters. The third-order valence-electron chi connectivity index (χ3n) is 3.91. The maximum atomic E-state index is 12.3. The Kier molecular flexibility index (Phi) is 5.88. The summed E-state index contributed by atoms with van der Waals surface area (Å²) in [5.74, 6) is 1.44. The summed E-state index contributed by atoms with van der Waals surface area (Å²) in [6.45, 7) is 1.05. The molecule has 0 spiro atoms. The number of carbonyl (C=O) groups is 1. The molecule has 0 radical (unpaired) electrons. The minimum atomic E-state index is -0.207. The number of amides is 1. The SMILES string of the molecule is COc1ccccc1CCNC(=O)c1cc(NCc2ccco2)ccn1. The highest BCUT2D eigenvalue weighted by atomic mass is 16.5. The van der Waals surface area contributed by atoms with E-state index in [-0.39, 0.29) is 5.91 Å². The van der Waals surface area contributed by atoms with E-state index in [1.54, 1.807) is 25.6 Å². The minimum absolute atomic E-state index is 0.207. The van der Waals surface area contributed by atoms with Crippen LogP contribution in [0.5, 0.6) is 5.75 Å². The molecule has 6 nitrogen and oxygen atoms in total. The molecule has 6 heteroatoms. The average Bonchev–Trinajstić information content (AvgIpc) is 3.20. The molecule has 2 heterocycles. The fourth-order valence-electron chi connectivity index (χ4n) is 2.58. The van der Waals surface area contributed by atoms with Gasteiger partial charge in [0, 0.05) is 18.4 Å². The number of benzene rings is 1. The maximum absolute atomic E-state index is 12.3. The van der Waals surface area contributed by atoms with E-state index in [1.807, 2.05) is 42.5 Å². The molecular weight excluding hydrogens is 330 g/mol. The third kappa shape index (κ3) is 4.63. The molecule has 2 N–H and O–H groups in total. The van der Waals surface area contributed by atoms with Crippen molar-refractivity contribution < 1.29 is 13.9 Å². The highest BCUT2D eigenvalue weighted by molar-refractivity contribution is 5.93. The Balaban J connectivity index is 1.53. The fourth-order valence-corrected chi connectivity index (χ4v) is 2.58. The van der Waals surface area contributed by atoms with Crippen LogP contribution in [0.25, 0.3) is 0 Å². The molecule has 0 saturated heterocycles. The van der Waals surface area contributed by atoms with E-state index < -0.39 is 0 Å². The lowest BCUT2D eigenvalue weighted by atomic mass is 10.1. The topological polar surface area (TPSA) is 76.4 Å². The number of hydrogen-bond acceptors (Lipinski definition) is 5. The number of nitrogens with one attached hydrogen (secondary N) is 2. The van der Waals surface area contributed by atoms with E-state index in [2.05, 4.69) is 15.6 Å². The van der Waals surface area contributed by atoms with E-state index in [0.29, 0.717) is 25.2 Å². The molecule has 0 bridgehead atoms. The quantitative estimate of drug-likeness (QED) is 0.651. The molecule has 1 aromatic carbocycles. The van der Waals surface area contributed by atoms with Crippen molar-refractivity contribution in [1.82, 2.24) is 10.3 Å². The van der Waals surface area contributed by atoms with Crippen LogP contribution in [0.15, 0.2) is 65.4 Å². The summed E-state index contributed by atoms with van der Waals surface area (Å²) in [6, 6.07) is 15.0. The predicted molar refractivity (Wildman–Crippen MR) is 99.3 cm³/mol. The number of ether oxygens (including phenoxy) is 1. The smallest absolute Gasteiger partial charge is 0.269 e. The van der Waals surface area contributed by atoms with Gasteiger partial charge in [0.25, 0.3) is 5.91 Å². The van der Waals surface area contributed by atoms with Crippen molar-refractivity contribution in [1.29, 1.82) is 0 Å². The van der Waals surface area contributed by atoms with Gasteiger partial charge < -0.3 is 19.8 Å². The van der Waals surface area contributed by atoms with E-state index in [0.717, 1.165) is 22.8 Å². The molecule has 0 aliphatic rings. The Morgan fingerprint density at radius 1 is 1.19 bits per heavy atom. The lowest BCUT2D eigenvalue weighted by Crippen LogP contribution is -2.26. The zero-order valence-electron chi connectivity index (χ0n) is 14.6. The Hall–Kier alpha value is -3.28. The number of furan rings is 1. The summed E-state index contributed by atoms with van der Waals surface area (Å²) < 4.78 is 10.6. The highest BCUT2D eigenvalue weighted by Crippen LogP contribution is 2.17. The lowest BCUT2D eigenvalue weighted by Gasteiger charge is -2.10. The minimum Gasteiger partial charge on any atom is -0.496 e. The molecule has 3 rings (SSSR count). The largest absolute Gasteiger partial charge is 0.496 e. The van der Waals surface area contributed by atoms with E-state index in [1.165, 1.54) is 0 Å². The maximum Gasteiger partial charge on any atom is 0.269 e. The van der Waals surface area contributed by atoms with Gasteiger partial charge in [-0.2, -0.15) is 0 Å². The number of para-hydroxylation sites is 1. The molecule has 0 saturated carbocycles. The second-order valence-corrected chi connectivity index (χ2v) is 5.68. The van der Waals surface area contributed by atoms with Gasteiger partial charge in [0.1, 0.15) is 17.2 Å². The van der Waals surface area contributed by atoms with Gasteiger partial charge in [0.15, 0.2) is 0 Å². The van der Waals surface area contributed by atoms with Gasteiger partial charge in [-0.25, -0.2) is 0 Å². The van der Waals surface area contributed by atoms with Crippen molar-refractivity contribution in [3.8, 4) is 5.75 Å². The summed E-state index contributed by atoms with van der Waals surface area (Å²) >= 11 is 0. The van der Waals surface area contributed by atoms with Gasteiger partial charge in [0.2, 0.25) is 0 Å². The first-order valence-corrected chi connectivity index (χ1v) is 8.38. The second kappa shape index (κ2) is 8.71. The van der Waals surface area contributed by atoms with Crippen LogP contribution in [-0.4, -0.2) is 24.5 Å². The first-order chi connectivity index (χ1) is 12.8. The number of methoxy groups -OCH3 is 1. The zero-order chi connectivity index (χ0) is 18.2. The van der Waals surface area contributed by atoms with Crippen molar-refractivity contribution in [2.45, 2.75) is 13.0 Å². The normalized spacial score (nSPS) is 10.3. The van der Waals surface area contributed by atoms with Gasteiger partial charge >= 0.3 is 0 Å². The number of aromatic nitrogens is 1. The molecule has 1 amide bonds. The first kappa shape index (κ1) is 17.5. The lowest BCUT2D eigenvalue weighted by molar-refractivity contribution is 0.0949. The molecular formula is C20H21N3O3. The summed E-state index contributed by atoms with van der Waals surface area (Å²) in [7, 11) is 1.64. The molecule has 2 aromatic heterocycles. The molecule has 0 aliphatic carbocycles. The molecule has 0 fully saturated rings. The van der Waals surface area contributed by atoms with Crippen molar-refractivity contribution in [2.75, 3.05) is 19.0 Å². The average molecular weight is 351 g/mol. The Labute approximate surface area is 152 Å². The van der Waals surface area contributed by atoms with Crippen LogP contribution in [-0.2, 0) is 13.0 Å². The van der Waals surface area contributed by atoms with E-state index in [4.69, 9.17) is 9.15 Å². The molecule has 26 heavy (non-hydrogen) atoms. The Morgan fingerprint density at radius 3 is 2.88 bits per heavy atom. The summed E-state index contributed by atoms with van der Waals surface area (Å²) in [6.07, 6.45) is 3.93. The number of anilines is 1. The number of pyridine rings is 1. The number of carbonyl (C=O) groups excluding carboxylic acids is 1. The molecule has 0 unspecified atom stereocenters. The summed E-state index contributed by atoms with van der Waals surface area (Å²) in [4.78, 5) is 16.5. The second-order valence-electron chi connectivity index (χ2n) is 5.68. The predicted octanol–water partition coefficient (Wildman–Crippen LogP) is 3.27. The molecule has 134 valence electrons. The monoisotopic (exact) mass is 351 g/mol. The summed E-state index contributed by atoms with van der Waals surface area (Å²) in [5.41, 5.74) is 2.23. The van der Waals surface area contributed by atoms with Crippen LogP contribution >= 0.6 is 0 Å². The number of rotatable bonds is 8. The van der Waals surface area contributed by atoms with Crippen LogP contribution in [0, 0.1) is 0 Å². The van der Waals surface area contributed by atoms with Crippen LogP contribution in [0.2, 0.25) is 0 Å². The molecule has 0 aliphatic heterocycles. The zero-order valence-corrected chi connectivity index (χ0v) is 14.6. The van der Waals surface area contributed by atoms with Crippen LogP contribution < -0.4 is 15.4 Å². The van der Waals surface area contributed by atoms with E-state index >= 15 is 0 Å². The van der Waals surface area contributed by atoms with Crippen LogP contribution in [0.3, 0.4) is 0 Å². The van der Waals surface area contributed by atoms with Crippen LogP contribution in [0.4, 0.5) is 5.69 Å². The van der Waals surface area contributed by atoms with E-state index in [9.17, 15) is 4.79 Å². The van der Waals surface area contributed by atoms with Gasteiger partial charge in [-0.1, -0.05) is 18.2 Å². The van der Waals surface area contributed by atoms with Gasteiger partial charge in [-0.3, -0.25) is 9.78 Å². The fraction of sp³-hybridized carbons (Fsp3) is 0.200. The summed E-state index contributed by atoms with van der Waals surface area (Å²) in [5, 5.41) is 6.10. The van der Waals surface area contributed by atoms with Crippen molar-refractivity contribution >= 4 is 11.6 Å². The van der Waals surface area contributed by atoms with Gasteiger partial charge in [-0.15, -0.1) is 0 Å². The Morgan fingerprint density at radius 2 is 2.08 bits per heavy atom. The first-order valence-electron chi connectivity index (χ1n) is 8.38. The van der Waals surface area contributed by atoms with Gasteiger partial charge in [0.05, 0.1) is 19.9 Å². The Bertz CT molecular complexity index is 847. The van der Waals surface area contributed by atoms with Crippen molar-refractivity contribution in [3.63, 3.8) is 0 Å². The van der Waals surface area contributed by atoms with Crippen molar-refractivity contribution in [2.24, 2.45) is 0 Å². The highest BCUT2D eigenvalue weighted by Gasteiger charge is 2.09. The number of hydrogen-bond donors (Lipinski definition) is 2. The third-order valence-corrected chi connectivity index (χ3v) is 3.91. The van der Waals surface area contributed by atoms with Crippen LogP contribution in [0.1, 0.15) is 21.8 Å². The number of nitrogens with zero attached hydrogens (tertiary/aromatic N) is 1. The van der Waals surface area contributed by atoms with Crippen molar-refractivity contribution in [3.05, 3.63) is 78.0 Å².